The Hall–Kier alpha value is -4.16. The van der Waals surface area contributed by atoms with Gasteiger partial charge in [0.2, 0.25) is 0 Å². The molecule has 1 saturated heterocycles. The first-order valence-corrected chi connectivity index (χ1v) is 13.2. The number of ether oxygens (including phenoxy) is 1. The number of esters is 1. The van der Waals surface area contributed by atoms with E-state index < -0.39 is 23.5 Å². The molecule has 1 atom stereocenters. The largest absolute Gasteiger partial charge is 0.465 e. The number of aromatic nitrogens is 3. The number of para-hydroxylation sites is 1. The second-order valence-electron chi connectivity index (χ2n) is 9.16. The molecule has 39 heavy (non-hydrogen) atoms. The topological polar surface area (TPSA) is 115 Å². The molecule has 3 N–H and O–H groups in total. The maximum atomic E-state index is 14.8. The molecule has 0 aliphatic carbocycles. The van der Waals surface area contributed by atoms with Crippen LogP contribution in [0.25, 0.3) is 10.6 Å². The molecule has 0 spiro atoms. The van der Waals surface area contributed by atoms with E-state index >= 15 is 0 Å². The average molecular weight is 553 g/mol. The minimum absolute atomic E-state index is 0.00166. The van der Waals surface area contributed by atoms with Crippen LogP contribution < -0.4 is 16.0 Å². The summed E-state index contributed by atoms with van der Waals surface area (Å²) < 4.78 is 35.5. The van der Waals surface area contributed by atoms with Crippen LogP contribution in [0.4, 0.5) is 20.2 Å². The quantitative estimate of drug-likeness (QED) is 0.329. The summed E-state index contributed by atoms with van der Waals surface area (Å²) in [6, 6.07) is 8.69. The first kappa shape index (κ1) is 26.4. The highest BCUT2D eigenvalue weighted by Gasteiger charge is 2.24. The number of halogens is 2. The smallest absolute Gasteiger partial charge is 0.338 e. The van der Waals surface area contributed by atoms with Crippen molar-refractivity contribution in [2.24, 2.45) is 5.73 Å². The van der Waals surface area contributed by atoms with E-state index in [0.717, 1.165) is 12.8 Å². The maximum Gasteiger partial charge on any atom is 0.338 e. The zero-order valence-electron chi connectivity index (χ0n) is 21.1. The van der Waals surface area contributed by atoms with Gasteiger partial charge in [0, 0.05) is 41.8 Å². The van der Waals surface area contributed by atoms with E-state index in [1.807, 2.05) is 4.90 Å². The van der Waals surface area contributed by atoms with E-state index in [-0.39, 0.29) is 29.4 Å². The summed E-state index contributed by atoms with van der Waals surface area (Å²) in [6.07, 6.45) is 4.91. The van der Waals surface area contributed by atoms with Crippen molar-refractivity contribution in [1.82, 2.24) is 14.8 Å². The van der Waals surface area contributed by atoms with Crippen molar-refractivity contribution in [3.8, 4) is 10.6 Å². The van der Waals surface area contributed by atoms with Gasteiger partial charge in [0.25, 0.3) is 5.91 Å². The lowest BCUT2D eigenvalue weighted by Gasteiger charge is -2.34. The highest BCUT2D eigenvalue weighted by molar-refractivity contribution is 7.13. The molecule has 1 unspecified atom stereocenters. The molecule has 4 aromatic rings. The molecule has 1 fully saturated rings. The first-order chi connectivity index (χ1) is 18.8. The fourth-order valence-corrected chi connectivity index (χ4v) is 5.37. The lowest BCUT2D eigenvalue weighted by atomic mass is 10.1. The van der Waals surface area contributed by atoms with Gasteiger partial charge in [-0.05, 0) is 37.1 Å². The molecule has 12 heteroatoms. The van der Waals surface area contributed by atoms with Gasteiger partial charge in [0.1, 0.15) is 22.3 Å². The Kier molecular flexibility index (Phi) is 7.66. The number of methoxy groups -OCH3 is 1. The van der Waals surface area contributed by atoms with Crippen LogP contribution in [0, 0.1) is 11.6 Å². The summed E-state index contributed by atoms with van der Waals surface area (Å²) in [7, 11) is 1.23. The molecule has 2 aromatic heterocycles. The van der Waals surface area contributed by atoms with E-state index in [9.17, 15) is 18.4 Å². The third-order valence-electron chi connectivity index (χ3n) is 6.47. The molecular weight excluding hydrogens is 526 g/mol. The molecule has 0 bridgehead atoms. The summed E-state index contributed by atoms with van der Waals surface area (Å²) in [5, 5.41) is 9.17. The molecule has 0 radical (unpaired) electrons. The summed E-state index contributed by atoms with van der Waals surface area (Å²) in [5.74, 6) is -2.10. The summed E-state index contributed by atoms with van der Waals surface area (Å²) in [4.78, 5) is 31.4. The van der Waals surface area contributed by atoms with Gasteiger partial charge < -0.3 is 20.7 Å². The van der Waals surface area contributed by atoms with Gasteiger partial charge in [0.05, 0.1) is 36.8 Å². The van der Waals surface area contributed by atoms with E-state index in [1.165, 1.54) is 47.4 Å². The van der Waals surface area contributed by atoms with E-state index in [0.29, 0.717) is 35.0 Å². The molecule has 1 aliphatic heterocycles. The van der Waals surface area contributed by atoms with Gasteiger partial charge >= 0.3 is 5.97 Å². The zero-order valence-corrected chi connectivity index (χ0v) is 21.9. The van der Waals surface area contributed by atoms with Gasteiger partial charge in [-0.1, -0.05) is 12.1 Å². The molecule has 5 rings (SSSR count). The minimum Gasteiger partial charge on any atom is -0.465 e. The number of carbonyl (C=O) groups excluding carboxylic acids is 2. The summed E-state index contributed by atoms with van der Waals surface area (Å²) in [6.45, 7) is 1.15. The standard InChI is InChI=1S/C27H26F2N6O3S/c1-38-27(37)18-6-2-7-20(28)19(18)14-35-12-16(11-31-35)26-33-23(15-39-26)25(36)32-22-9-3-8-21(29)24(22)34-10-4-5-17(30)13-34/h2-3,6-9,11-12,15,17H,4-5,10,13-14,30H2,1H3,(H,32,36). The first-order valence-electron chi connectivity index (χ1n) is 12.3. The van der Waals surface area contributed by atoms with Gasteiger partial charge in [-0.15, -0.1) is 11.3 Å². The van der Waals surface area contributed by atoms with Crippen molar-refractivity contribution in [1.29, 1.82) is 0 Å². The van der Waals surface area contributed by atoms with Gasteiger partial charge in [0.15, 0.2) is 0 Å². The summed E-state index contributed by atoms with van der Waals surface area (Å²) >= 11 is 1.24. The Balaban J connectivity index is 1.33. The molecule has 0 saturated carbocycles. The number of piperidine rings is 1. The monoisotopic (exact) mass is 552 g/mol. The van der Waals surface area contributed by atoms with Crippen molar-refractivity contribution >= 4 is 34.6 Å². The number of nitrogens with two attached hydrogens (primary N) is 1. The lowest BCUT2D eigenvalue weighted by Crippen LogP contribution is -2.43. The number of nitrogens with one attached hydrogen (secondary N) is 1. The molecule has 1 amide bonds. The number of anilines is 2. The Bertz CT molecular complexity index is 1520. The second-order valence-corrected chi connectivity index (χ2v) is 10.0. The number of thiazole rings is 1. The van der Waals surface area contributed by atoms with Crippen LogP contribution in [0.15, 0.2) is 54.2 Å². The van der Waals surface area contributed by atoms with E-state index in [2.05, 4.69) is 15.4 Å². The van der Waals surface area contributed by atoms with Crippen LogP contribution >= 0.6 is 11.3 Å². The van der Waals surface area contributed by atoms with Crippen LogP contribution in [-0.4, -0.2) is 52.9 Å². The maximum absolute atomic E-state index is 14.8. The van der Waals surface area contributed by atoms with Crippen LogP contribution in [0.2, 0.25) is 0 Å². The molecule has 202 valence electrons. The van der Waals surface area contributed by atoms with Gasteiger partial charge in [-0.2, -0.15) is 5.10 Å². The highest BCUT2D eigenvalue weighted by Crippen LogP contribution is 2.32. The normalized spacial score (nSPS) is 15.3. The zero-order chi connectivity index (χ0) is 27.5. The molecule has 9 nitrogen and oxygen atoms in total. The predicted molar refractivity (Wildman–Crippen MR) is 144 cm³/mol. The predicted octanol–water partition coefficient (Wildman–Crippen LogP) is 4.30. The molecule has 3 heterocycles. The fraction of sp³-hybridized carbons (Fsp3) is 0.259. The Morgan fingerprint density at radius 2 is 2.00 bits per heavy atom. The van der Waals surface area contributed by atoms with Gasteiger partial charge in [-0.3, -0.25) is 9.48 Å². The molecule has 1 aliphatic rings. The van der Waals surface area contributed by atoms with Crippen LogP contribution in [0.1, 0.15) is 39.3 Å². The minimum atomic E-state index is -0.642. The van der Waals surface area contributed by atoms with Crippen molar-refractivity contribution in [2.75, 3.05) is 30.4 Å². The third-order valence-corrected chi connectivity index (χ3v) is 7.36. The number of carbonyl (C=O) groups is 2. The fourth-order valence-electron chi connectivity index (χ4n) is 4.59. The number of hydrogen-bond acceptors (Lipinski definition) is 8. The van der Waals surface area contributed by atoms with Crippen molar-refractivity contribution in [2.45, 2.75) is 25.4 Å². The second kappa shape index (κ2) is 11.3. The lowest BCUT2D eigenvalue weighted by molar-refractivity contribution is 0.0598. The Morgan fingerprint density at radius 1 is 1.21 bits per heavy atom. The van der Waals surface area contributed by atoms with Gasteiger partial charge in [-0.25, -0.2) is 18.6 Å². The Labute approximate surface area is 227 Å². The average Bonchev–Trinajstić information content (AvgIpc) is 3.60. The number of hydrogen-bond donors (Lipinski definition) is 2. The van der Waals surface area contributed by atoms with E-state index in [4.69, 9.17) is 10.5 Å². The van der Waals surface area contributed by atoms with Crippen molar-refractivity contribution < 1.29 is 23.1 Å². The van der Waals surface area contributed by atoms with Crippen molar-refractivity contribution in [3.63, 3.8) is 0 Å². The van der Waals surface area contributed by atoms with Crippen LogP contribution in [-0.2, 0) is 11.3 Å². The van der Waals surface area contributed by atoms with Crippen LogP contribution in [0.5, 0.6) is 0 Å². The number of amides is 1. The summed E-state index contributed by atoms with van der Waals surface area (Å²) in [5.41, 5.74) is 7.80. The third kappa shape index (κ3) is 5.66. The van der Waals surface area contributed by atoms with E-state index in [1.54, 1.807) is 29.9 Å². The highest BCUT2D eigenvalue weighted by atomic mass is 32.1. The van der Waals surface area contributed by atoms with Crippen LogP contribution in [0.3, 0.4) is 0 Å². The number of nitrogens with zero attached hydrogens (tertiary/aromatic N) is 4. The molecular formula is C27H26F2N6O3S. The molecule has 2 aromatic carbocycles. The number of benzene rings is 2. The van der Waals surface area contributed by atoms with Crippen molar-refractivity contribution in [3.05, 3.63) is 82.6 Å². The SMILES string of the molecule is COC(=O)c1cccc(F)c1Cn1cc(-c2nc(C(=O)Nc3cccc(F)c3N3CCCC(N)C3)cs2)cn1. The number of rotatable bonds is 7. The Morgan fingerprint density at radius 3 is 2.79 bits per heavy atom.